The second-order valence-electron chi connectivity index (χ2n) is 3.40. The van der Waals surface area contributed by atoms with Gasteiger partial charge in [-0.2, -0.15) is 0 Å². The van der Waals surface area contributed by atoms with Crippen molar-refractivity contribution in [3.05, 3.63) is 19.1 Å². The van der Waals surface area contributed by atoms with Gasteiger partial charge in [0.15, 0.2) is 0 Å². The Hall–Kier alpha value is -0.300. The van der Waals surface area contributed by atoms with E-state index in [0.29, 0.717) is 0 Å². The molecule has 0 aromatic rings. The van der Waals surface area contributed by atoms with Crippen LogP contribution in [0.1, 0.15) is 46.0 Å². The number of aliphatic hydroxyl groups is 1. The van der Waals surface area contributed by atoms with Gasteiger partial charge in [-0.1, -0.05) is 38.8 Å². The van der Waals surface area contributed by atoms with Crippen LogP contribution in [0.5, 0.6) is 0 Å². The largest absolute Gasteiger partial charge is 0.390 e. The fourth-order valence-electron chi connectivity index (χ4n) is 1.56. The quantitative estimate of drug-likeness (QED) is 0.647. The van der Waals surface area contributed by atoms with E-state index in [2.05, 4.69) is 20.8 Å². The van der Waals surface area contributed by atoms with Crippen LogP contribution in [-0.2, 0) is 0 Å². The molecule has 0 heterocycles. The second-order valence-corrected chi connectivity index (χ2v) is 3.40. The zero-order valence-corrected chi connectivity index (χ0v) is 8.34. The van der Waals surface area contributed by atoms with E-state index in [4.69, 9.17) is 0 Å². The fourth-order valence-corrected chi connectivity index (χ4v) is 1.56. The van der Waals surface area contributed by atoms with E-state index in [1.165, 1.54) is 0 Å². The Balaban J connectivity index is 3.97. The monoisotopic (exact) mass is 169 g/mol. The molecule has 0 unspecified atom stereocenters. The van der Waals surface area contributed by atoms with Crippen LogP contribution in [-0.4, -0.2) is 10.7 Å². The van der Waals surface area contributed by atoms with Gasteiger partial charge in [-0.3, -0.25) is 0 Å². The summed E-state index contributed by atoms with van der Waals surface area (Å²) in [6, 6.07) is 0. The van der Waals surface area contributed by atoms with E-state index in [1.54, 1.807) is 6.08 Å². The summed E-state index contributed by atoms with van der Waals surface area (Å²) in [5.41, 5.74) is -0.475. The summed E-state index contributed by atoms with van der Waals surface area (Å²) in [5.74, 6) is 0. The molecule has 0 aliphatic rings. The lowest BCUT2D eigenvalue weighted by molar-refractivity contribution is 0.0242. The van der Waals surface area contributed by atoms with Crippen LogP contribution in [0.4, 0.5) is 0 Å². The maximum atomic E-state index is 10.1. The molecular formula is C11H21O. The summed E-state index contributed by atoms with van der Waals surface area (Å²) >= 11 is 0. The average Bonchev–Trinajstić information content (AvgIpc) is 2.02. The minimum absolute atomic E-state index is 0.475. The van der Waals surface area contributed by atoms with Gasteiger partial charge in [0.25, 0.3) is 0 Å². The van der Waals surface area contributed by atoms with Gasteiger partial charge >= 0.3 is 0 Å². The van der Waals surface area contributed by atoms with Crippen LogP contribution >= 0.6 is 0 Å². The van der Waals surface area contributed by atoms with Crippen molar-refractivity contribution >= 4 is 0 Å². The van der Waals surface area contributed by atoms with Gasteiger partial charge in [0.1, 0.15) is 0 Å². The van der Waals surface area contributed by atoms with E-state index in [-0.39, 0.29) is 0 Å². The third-order valence-corrected chi connectivity index (χ3v) is 2.10. The zero-order valence-electron chi connectivity index (χ0n) is 8.34. The molecule has 1 radical (unpaired) electrons. The van der Waals surface area contributed by atoms with E-state index < -0.39 is 5.60 Å². The molecule has 0 spiro atoms. The van der Waals surface area contributed by atoms with Crippen molar-refractivity contribution in [2.24, 2.45) is 0 Å². The summed E-state index contributed by atoms with van der Waals surface area (Å²) in [6.45, 7) is 7.83. The molecule has 1 N–H and O–H groups in total. The topological polar surface area (TPSA) is 20.2 Å². The minimum Gasteiger partial charge on any atom is -0.390 e. The van der Waals surface area contributed by atoms with Crippen molar-refractivity contribution in [3.63, 3.8) is 0 Å². The van der Waals surface area contributed by atoms with Gasteiger partial charge in [0, 0.05) is 0 Å². The van der Waals surface area contributed by atoms with Gasteiger partial charge < -0.3 is 5.11 Å². The van der Waals surface area contributed by atoms with Gasteiger partial charge in [-0.15, -0.1) is 0 Å². The molecule has 71 valence electrons. The van der Waals surface area contributed by atoms with Crippen molar-refractivity contribution in [2.45, 2.75) is 51.6 Å². The molecule has 0 rings (SSSR count). The molecule has 0 bridgehead atoms. The first-order chi connectivity index (χ1) is 5.68. The van der Waals surface area contributed by atoms with E-state index in [0.717, 1.165) is 32.1 Å². The molecular weight excluding hydrogens is 148 g/mol. The van der Waals surface area contributed by atoms with Crippen molar-refractivity contribution in [3.8, 4) is 0 Å². The highest BCUT2D eigenvalue weighted by molar-refractivity contribution is 4.92. The van der Waals surface area contributed by atoms with Crippen molar-refractivity contribution < 1.29 is 5.11 Å². The van der Waals surface area contributed by atoms with Gasteiger partial charge in [-0.05, 0) is 26.2 Å². The lowest BCUT2D eigenvalue weighted by Crippen LogP contribution is -2.27. The third-order valence-electron chi connectivity index (χ3n) is 2.10. The summed E-state index contributed by atoms with van der Waals surface area (Å²) in [7, 11) is 0. The molecule has 0 saturated carbocycles. The first kappa shape index (κ1) is 11.7. The van der Waals surface area contributed by atoms with Crippen LogP contribution in [0.3, 0.4) is 0 Å². The average molecular weight is 169 g/mol. The first-order valence-electron chi connectivity index (χ1n) is 4.85. The SMILES string of the molecule is [CH2]C=CCC(O)(CCC)CCC. The summed E-state index contributed by atoms with van der Waals surface area (Å²) in [5, 5.41) is 10.1. The fraction of sp³-hybridized carbons (Fsp3) is 0.727. The Kier molecular flexibility index (Phi) is 6.09. The van der Waals surface area contributed by atoms with Crippen molar-refractivity contribution in [1.29, 1.82) is 0 Å². The van der Waals surface area contributed by atoms with Gasteiger partial charge in [0.05, 0.1) is 5.60 Å². The number of allylic oxidation sites excluding steroid dienone is 1. The lowest BCUT2D eigenvalue weighted by atomic mass is 9.89. The maximum absolute atomic E-state index is 10.1. The molecule has 0 aliphatic carbocycles. The molecule has 0 atom stereocenters. The van der Waals surface area contributed by atoms with Crippen LogP contribution < -0.4 is 0 Å². The molecule has 0 aliphatic heterocycles. The van der Waals surface area contributed by atoms with Crippen molar-refractivity contribution in [2.75, 3.05) is 0 Å². The normalized spacial score (nSPS) is 12.7. The summed E-state index contributed by atoms with van der Waals surface area (Å²) < 4.78 is 0. The van der Waals surface area contributed by atoms with Crippen LogP contribution in [0.25, 0.3) is 0 Å². The smallest absolute Gasteiger partial charge is 0.0681 e. The van der Waals surface area contributed by atoms with Crippen molar-refractivity contribution in [1.82, 2.24) is 0 Å². The maximum Gasteiger partial charge on any atom is 0.0681 e. The summed E-state index contributed by atoms with van der Waals surface area (Å²) in [6.07, 6.45) is 8.33. The Morgan fingerprint density at radius 3 is 2.08 bits per heavy atom. The number of hydrogen-bond donors (Lipinski definition) is 1. The Bertz CT molecular complexity index is 121. The van der Waals surface area contributed by atoms with E-state index in [9.17, 15) is 5.11 Å². The highest BCUT2D eigenvalue weighted by Crippen LogP contribution is 2.23. The molecule has 0 aromatic heterocycles. The van der Waals surface area contributed by atoms with Gasteiger partial charge in [-0.25, -0.2) is 0 Å². The molecule has 0 amide bonds. The highest BCUT2D eigenvalue weighted by Gasteiger charge is 2.22. The second kappa shape index (κ2) is 6.24. The van der Waals surface area contributed by atoms with Crippen LogP contribution in [0.2, 0.25) is 0 Å². The minimum atomic E-state index is -0.475. The molecule has 1 heteroatoms. The van der Waals surface area contributed by atoms with Gasteiger partial charge in [0.2, 0.25) is 0 Å². The standard InChI is InChI=1S/C11H21O/c1-4-7-10-11(12,8-5-2)9-6-3/h4,7,12H,1,5-6,8-10H2,2-3H3. The molecule has 1 nitrogen and oxygen atoms in total. The Morgan fingerprint density at radius 1 is 1.25 bits per heavy atom. The van der Waals surface area contributed by atoms with Crippen LogP contribution in [0.15, 0.2) is 12.2 Å². The number of rotatable bonds is 6. The van der Waals surface area contributed by atoms with E-state index >= 15 is 0 Å². The molecule has 12 heavy (non-hydrogen) atoms. The highest BCUT2D eigenvalue weighted by atomic mass is 16.3. The Morgan fingerprint density at radius 2 is 1.75 bits per heavy atom. The van der Waals surface area contributed by atoms with E-state index in [1.807, 2.05) is 6.08 Å². The van der Waals surface area contributed by atoms with Crippen LogP contribution in [0, 0.1) is 6.92 Å². The molecule has 0 fully saturated rings. The molecule has 0 aromatic carbocycles. The zero-order chi connectivity index (χ0) is 9.45. The molecule has 0 saturated heterocycles. The lowest BCUT2D eigenvalue weighted by Gasteiger charge is -2.25. The Labute approximate surface area is 76.5 Å². The number of hydrogen-bond acceptors (Lipinski definition) is 1. The predicted octanol–water partition coefficient (Wildman–Crippen LogP) is 3.10. The summed E-state index contributed by atoms with van der Waals surface area (Å²) in [4.78, 5) is 0. The third kappa shape index (κ3) is 4.55. The first-order valence-corrected chi connectivity index (χ1v) is 4.85. The predicted molar refractivity (Wildman–Crippen MR) is 53.9 cm³/mol.